The van der Waals surface area contributed by atoms with Crippen molar-refractivity contribution in [2.24, 2.45) is 11.8 Å². The van der Waals surface area contributed by atoms with Crippen LogP contribution in [0.2, 0.25) is 0 Å². The Kier molecular flexibility index (Phi) is 6.89. The standard InChI is InChI=1S/C22H33N3O2/c1-17-7-5-11-24(14-17)15-20-9-4-3-8-19(20)13-23-22(27)21-10-6-12-25(16-21)18(2)26/h3-4,8-9,17,21H,5-7,10-16H2,1-2H3,(H,23,27)/t17-,21+/m1/s1. The molecule has 148 valence electrons. The molecule has 3 rings (SSSR count). The lowest BCUT2D eigenvalue weighted by atomic mass is 9.96. The Bertz CT molecular complexity index is 661. The number of likely N-dealkylation sites (tertiary alicyclic amines) is 2. The third-order valence-electron chi connectivity index (χ3n) is 5.94. The molecule has 2 saturated heterocycles. The van der Waals surface area contributed by atoms with Gasteiger partial charge in [0, 0.05) is 39.6 Å². The third kappa shape index (κ3) is 5.55. The van der Waals surface area contributed by atoms with Gasteiger partial charge in [-0.25, -0.2) is 0 Å². The van der Waals surface area contributed by atoms with Gasteiger partial charge in [0.25, 0.3) is 0 Å². The predicted molar refractivity (Wildman–Crippen MR) is 107 cm³/mol. The van der Waals surface area contributed by atoms with Crippen molar-refractivity contribution in [2.75, 3.05) is 26.2 Å². The van der Waals surface area contributed by atoms with Gasteiger partial charge in [-0.3, -0.25) is 14.5 Å². The predicted octanol–water partition coefficient (Wildman–Crippen LogP) is 2.79. The summed E-state index contributed by atoms with van der Waals surface area (Å²) in [5.41, 5.74) is 2.50. The van der Waals surface area contributed by atoms with Crippen LogP contribution in [0.4, 0.5) is 0 Å². The number of nitrogens with one attached hydrogen (secondary N) is 1. The second-order valence-corrected chi connectivity index (χ2v) is 8.27. The molecule has 2 heterocycles. The van der Waals surface area contributed by atoms with E-state index in [4.69, 9.17) is 0 Å². The van der Waals surface area contributed by atoms with Gasteiger partial charge in [0.2, 0.25) is 11.8 Å². The van der Waals surface area contributed by atoms with Crippen LogP contribution in [0.25, 0.3) is 0 Å². The first-order valence-corrected chi connectivity index (χ1v) is 10.4. The van der Waals surface area contributed by atoms with Gasteiger partial charge in [0.15, 0.2) is 0 Å². The van der Waals surface area contributed by atoms with Crippen molar-refractivity contribution in [1.29, 1.82) is 0 Å². The fourth-order valence-corrected chi connectivity index (χ4v) is 4.36. The van der Waals surface area contributed by atoms with Crippen molar-refractivity contribution in [2.45, 2.75) is 52.6 Å². The highest BCUT2D eigenvalue weighted by Crippen LogP contribution is 2.20. The van der Waals surface area contributed by atoms with E-state index in [0.717, 1.165) is 44.9 Å². The molecule has 2 fully saturated rings. The highest BCUT2D eigenvalue weighted by Gasteiger charge is 2.27. The monoisotopic (exact) mass is 371 g/mol. The fourth-order valence-electron chi connectivity index (χ4n) is 4.36. The number of amides is 2. The molecule has 0 bridgehead atoms. The zero-order chi connectivity index (χ0) is 19.2. The van der Waals surface area contributed by atoms with Crippen LogP contribution in [0, 0.1) is 11.8 Å². The second kappa shape index (κ2) is 9.36. The number of rotatable bonds is 5. The van der Waals surface area contributed by atoms with E-state index < -0.39 is 0 Å². The smallest absolute Gasteiger partial charge is 0.225 e. The summed E-state index contributed by atoms with van der Waals surface area (Å²) in [7, 11) is 0. The van der Waals surface area contributed by atoms with E-state index in [0.29, 0.717) is 13.1 Å². The molecular weight excluding hydrogens is 338 g/mol. The zero-order valence-electron chi connectivity index (χ0n) is 16.7. The van der Waals surface area contributed by atoms with Crippen molar-refractivity contribution in [3.63, 3.8) is 0 Å². The van der Waals surface area contributed by atoms with Crippen LogP contribution >= 0.6 is 0 Å². The van der Waals surface area contributed by atoms with E-state index in [1.54, 1.807) is 11.8 Å². The van der Waals surface area contributed by atoms with Crippen LogP contribution in [-0.2, 0) is 22.7 Å². The minimum absolute atomic E-state index is 0.0635. The summed E-state index contributed by atoms with van der Waals surface area (Å²) in [6.45, 7) is 9.07. The Balaban J connectivity index is 1.56. The van der Waals surface area contributed by atoms with E-state index in [2.05, 4.69) is 35.3 Å². The lowest BCUT2D eigenvalue weighted by Gasteiger charge is -2.32. The van der Waals surface area contributed by atoms with Crippen LogP contribution < -0.4 is 5.32 Å². The Morgan fingerprint density at radius 2 is 1.81 bits per heavy atom. The lowest BCUT2D eigenvalue weighted by molar-refractivity contribution is -0.134. The van der Waals surface area contributed by atoms with Gasteiger partial charge < -0.3 is 10.2 Å². The minimum atomic E-state index is -0.0854. The summed E-state index contributed by atoms with van der Waals surface area (Å²) >= 11 is 0. The molecule has 1 aromatic rings. The molecule has 0 unspecified atom stereocenters. The van der Waals surface area contributed by atoms with Crippen LogP contribution in [0.15, 0.2) is 24.3 Å². The number of nitrogens with zero attached hydrogens (tertiary/aromatic N) is 2. The molecule has 27 heavy (non-hydrogen) atoms. The Morgan fingerprint density at radius 3 is 2.56 bits per heavy atom. The molecule has 0 aromatic heterocycles. The van der Waals surface area contributed by atoms with Crippen LogP contribution in [0.1, 0.15) is 50.7 Å². The third-order valence-corrected chi connectivity index (χ3v) is 5.94. The number of carbonyl (C=O) groups excluding carboxylic acids is 2. The largest absolute Gasteiger partial charge is 0.352 e. The van der Waals surface area contributed by atoms with Gasteiger partial charge in [-0.2, -0.15) is 0 Å². The van der Waals surface area contributed by atoms with Crippen molar-refractivity contribution in [3.8, 4) is 0 Å². The number of benzene rings is 1. The maximum Gasteiger partial charge on any atom is 0.225 e. The molecule has 2 atom stereocenters. The van der Waals surface area contributed by atoms with Crippen molar-refractivity contribution in [1.82, 2.24) is 15.1 Å². The number of piperidine rings is 2. The molecule has 0 aliphatic carbocycles. The first-order valence-electron chi connectivity index (χ1n) is 10.4. The topological polar surface area (TPSA) is 52.7 Å². The van der Waals surface area contributed by atoms with Crippen molar-refractivity contribution < 1.29 is 9.59 Å². The van der Waals surface area contributed by atoms with E-state index in [1.807, 2.05) is 6.07 Å². The molecular formula is C22H33N3O2. The van der Waals surface area contributed by atoms with E-state index in [9.17, 15) is 9.59 Å². The molecule has 0 saturated carbocycles. The van der Waals surface area contributed by atoms with Gasteiger partial charge in [0.05, 0.1) is 5.92 Å². The normalized spacial score (nSPS) is 23.9. The molecule has 0 radical (unpaired) electrons. The quantitative estimate of drug-likeness (QED) is 0.866. The number of hydrogen-bond donors (Lipinski definition) is 1. The Labute approximate surface area is 163 Å². The average Bonchev–Trinajstić information content (AvgIpc) is 2.67. The van der Waals surface area contributed by atoms with Crippen molar-refractivity contribution in [3.05, 3.63) is 35.4 Å². The van der Waals surface area contributed by atoms with Gasteiger partial charge >= 0.3 is 0 Å². The molecule has 0 spiro atoms. The summed E-state index contributed by atoms with van der Waals surface area (Å²) in [6, 6.07) is 8.42. The maximum atomic E-state index is 12.6. The molecule has 2 aliphatic heterocycles. The van der Waals surface area contributed by atoms with E-state index in [1.165, 1.54) is 24.0 Å². The first-order chi connectivity index (χ1) is 13.0. The molecule has 1 aromatic carbocycles. The SMILES string of the molecule is CC(=O)N1CCC[C@H](C(=O)NCc2ccccc2CN2CCC[C@@H](C)C2)C1. The van der Waals surface area contributed by atoms with Gasteiger partial charge in [-0.1, -0.05) is 31.2 Å². The zero-order valence-corrected chi connectivity index (χ0v) is 16.7. The van der Waals surface area contributed by atoms with Crippen LogP contribution in [0.3, 0.4) is 0 Å². The van der Waals surface area contributed by atoms with Gasteiger partial charge in [-0.15, -0.1) is 0 Å². The first kappa shape index (κ1) is 19.9. The second-order valence-electron chi connectivity index (χ2n) is 8.27. The minimum Gasteiger partial charge on any atom is -0.352 e. The van der Waals surface area contributed by atoms with E-state index >= 15 is 0 Å². The average molecular weight is 372 g/mol. The van der Waals surface area contributed by atoms with Crippen LogP contribution in [0.5, 0.6) is 0 Å². The molecule has 2 aliphatic rings. The molecule has 5 heteroatoms. The van der Waals surface area contributed by atoms with Crippen LogP contribution in [-0.4, -0.2) is 47.8 Å². The van der Waals surface area contributed by atoms with Crippen molar-refractivity contribution >= 4 is 11.8 Å². The molecule has 1 N–H and O–H groups in total. The number of hydrogen-bond acceptors (Lipinski definition) is 3. The number of carbonyl (C=O) groups is 2. The lowest BCUT2D eigenvalue weighted by Crippen LogP contribution is -2.44. The highest BCUT2D eigenvalue weighted by atomic mass is 16.2. The summed E-state index contributed by atoms with van der Waals surface area (Å²) in [4.78, 5) is 28.5. The highest BCUT2D eigenvalue weighted by molar-refractivity contribution is 5.80. The molecule has 2 amide bonds. The summed E-state index contributed by atoms with van der Waals surface area (Å²) in [5.74, 6) is 0.815. The summed E-state index contributed by atoms with van der Waals surface area (Å²) < 4.78 is 0. The fraction of sp³-hybridized carbons (Fsp3) is 0.636. The van der Waals surface area contributed by atoms with E-state index in [-0.39, 0.29) is 17.7 Å². The van der Waals surface area contributed by atoms with Gasteiger partial charge in [-0.05, 0) is 49.3 Å². The maximum absolute atomic E-state index is 12.6. The van der Waals surface area contributed by atoms with Gasteiger partial charge in [0.1, 0.15) is 0 Å². The Morgan fingerprint density at radius 1 is 1.07 bits per heavy atom. The Hall–Kier alpha value is -1.88. The molecule has 5 nitrogen and oxygen atoms in total. The summed E-state index contributed by atoms with van der Waals surface area (Å²) in [6.07, 6.45) is 4.37. The summed E-state index contributed by atoms with van der Waals surface area (Å²) in [5, 5.41) is 3.12.